The molecular formula is C12H10N4O2S. The zero-order valence-corrected chi connectivity index (χ0v) is 10.5. The Bertz CT molecular complexity index is 739. The van der Waals surface area contributed by atoms with Crippen LogP contribution in [0.3, 0.4) is 0 Å². The average Bonchev–Trinajstić information content (AvgIpc) is 2.86. The summed E-state index contributed by atoms with van der Waals surface area (Å²) in [5, 5.41) is 7.79. The van der Waals surface area contributed by atoms with E-state index in [2.05, 4.69) is 19.9 Å². The molecule has 2 heterocycles. The number of benzene rings is 1. The van der Waals surface area contributed by atoms with Gasteiger partial charge in [-0.3, -0.25) is 19.4 Å². The van der Waals surface area contributed by atoms with Gasteiger partial charge in [0.25, 0.3) is 11.3 Å². The van der Waals surface area contributed by atoms with E-state index >= 15 is 0 Å². The number of nitrogens with zero attached hydrogens (tertiary/aromatic N) is 2. The highest BCUT2D eigenvalue weighted by Crippen LogP contribution is 2.22. The van der Waals surface area contributed by atoms with Gasteiger partial charge in [0.1, 0.15) is 0 Å². The fourth-order valence-corrected chi connectivity index (χ4v) is 2.14. The molecule has 0 bridgehead atoms. The van der Waals surface area contributed by atoms with Gasteiger partial charge in [-0.1, -0.05) is 12.1 Å². The molecule has 1 atom stereocenters. The molecule has 1 unspecified atom stereocenters. The first-order valence-corrected chi connectivity index (χ1v) is 6.60. The van der Waals surface area contributed by atoms with Gasteiger partial charge < -0.3 is 0 Å². The predicted octanol–water partition coefficient (Wildman–Crippen LogP) is 2.17. The number of rotatable bonds is 3. The van der Waals surface area contributed by atoms with E-state index in [0.29, 0.717) is 5.69 Å². The minimum absolute atomic E-state index is 0.576. The van der Waals surface area contributed by atoms with Crippen LogP contribution in [0.2, 0.25) is 0 Å². The highest BCUT2D eigenvalue weighted by Gasteiger charge is 2.03. The Balaban J connectivity index is 1.94. The lowest BCUT2D eigenvalue weighted by Crippen LogP contribution is -2.01. The lowest BCUT2D eigenvalue weighted by Gasteiger charge is -2.04. The van der Waals surface area contributed by atoms with E-state index < -0.39 is 11.3 Å². The van der Waals surface area contributed by atoms with E-state index in [1.54, 1.807) is 24.5 Å². The molecule has 3 rings (SSSR count). The van der Waals surface area contributed by atoms with Crippen LogP contribution in [-0.4, -0.2) is 23.9 Å². The first-order chi connectivity index (χ1) is 9.22. The molecule has 2 aromatic heterocycles. The molecule has 0 fully saturated rings. The van der Waals surface area contributed by atoms with Crippen LogP contribution in [0, 0.1) is 0 Å². The Hall–Kier alpha value is -2.25. The van der Waals surface area contributed by atoms with Crippen molar-refractivity contribution in [2.45, 2.75) is 0 Å². The number of anilines is 1. The van der Waals surface area contributed by atoms with Crippen molar-refractivity contribution in [3.05, 3.63) is 42.7 Å². The summed E-state index contributed by atoms with van der Waals surface area (Å²) in [7, 11) is 0. The lowest BCUT2D eigenvalue weighted by molar-refractivity contribution is 0.570. The Kier molecular flexibility index (Phi) is 2.98. The van der Waals surface area contributed by atoms with Gasteiger partial charge in [0, 0.05) is 22.8 Å². The SMILES string of the molecule is O=S(O)Nc1ccc(-c2cc3[nH]ncc3cn2)cc1. The maximum atomic E-state index is 10.6. The van der Waals surface area contributed by atoms with Crippen molar-refractivity contribution < 1.29 is 8.76 Å². The summed E-state index contributed by atoms with van der Waals surface area (Å²) in [6, 6.07) is 9.03. The second-order valence-electron chi connectivity index (χ2n) is 3.96. The van der Waals surface area contributed by atoms with Gasteiger partial charge in [0.2, 0.25) is 0 Å². The molecule has 0 saturated carbocycles. The van der Waals surface area contributed by atoms with Crippen molar-refractivity contribution in [1.82, 2.24) is 15.2 Å². The molecule has 0 aliphatic rings. The van der Waals surface area contributed by atoms with Gasteiger partial charge in [-0.25, -0.2) is 4.21 Å². The predicted molar refractivity (Wildman–Crippen MR) is 73.7 cm³/mol. The Labute approximate surface area is 111 Å². The van der Waals surface area contributed by atoms with E-state index in [-0.39, 0.29) is 0 Å². The smallest absolute Gasteiger partial charge is 0.259 e. The third-order valence-electron chi connectivity index (χ3n) is 2.71. The van der Waals surface area contributed by atoms with Crippen LogP contribution in [0.15, 0.2) is 42.7 Å². The van der Waals surface area contributed by atoms with Crippen LogP contribution in [0.5, 0.6) is 0 Å². The van der Waals surface area contributed by atoms with Gasteiger partial charge in [-0.05, 0) is 18.2 Å². The molecule has 1 aromatic carbocycles. The molecule has 0 radical (unpaired) electrons. The van der Waals surface area contributed by atoms with E-state index in [4.69, 9.17) is 4.55 Å². The third kappa shape index (κ3) is 2.47. The summed E-state index contributed by atoms with van der Waals surface area (Å²) in [5.41, 5.74) is 3.23. The Morgan fingerprint density at radius 2 is 2.00 bits per heavy atom. The maximum Gasteiger partial charge on any atom is 0.259 e. The van der Waals surface area contributed by atoms with Gasteiger partial charge in [0.15, 0.2) is 0 Å². The molecule has 96 valence electrons. The summed E-state index contributed by atoms with van der Waals surface area (Å²) in [4.78, 5) is 4.35. The summed E-state index contributed by atoms with van der Waals surface area (Å²) in [6.45, 7) is 0. The Morgan fingerprint density at radius 1 is 1.21 bits per heavy atom. The summed E-state index contributed by atoms with van der Waals surface area (Å²) in [6.07, 6.45) is 3.47. The topological polar surface area (TPSA) is 90.9 Å². The summed E-state index contributed by atoms with van der Waals surface area (Å²) in [5.74, 6) is 0. The highest BCUT2D eigenvalue weighted by atomic mass is 32.2. The molecular weight excluding hydrogens is 264 g/mol. The van der Waals surface area contributed by atoms with Crippen LogP contribution >= 0.6 is 0 Å². The minimum atomic E-state index is -2.06. The molecule has 6 nitrogen and oxygen atoms in total. The van der Waals surface area contributed by atoms with Crippen molar-refractivity contribution in [2.24, 2.45) is 0 Å². The van der Waals surface area contributed by atoms with Crippen molar-refractivity contribution in [3.63, 3.8) is 0 Å². The minimum Gasteiger partial charge on any atom is -0.289 e. The van der Waals surface area contributed by atoms with Gasteiger partial charge in [-0.15, -0.1) is 0 Å². The maximum absolute atomic E-state index is 10.6. The molecule has 0 aliphatic heterocycles. The average molecular weight is 274 g/mol. The van der Waals surface area contributed by atoms with Crippen molar-refractivity contribution >= 4 is 27.9 Å². The van der Waals surface area contributed by atoms with Crippen molar-refractivity contribution in [1.29, 1.82) is 0 Å². The van der Waals surface area contributed by atoms with Crippen LogP contribution in [0.4, 0.5) is 5.69 Å². The number of aromatic amines is 1. The molecule has 3 N–H and O–H groups in total. The van der Waals surface area contributed by atoms with Gasteiger partial charge in [0.05, 0.1) is 17.4 Å². The van der Waals surface area contributed by atoms with Crippen molar-refractivity contribution in [3.8, 4) is 11.3 Å². The van der Waals surface area contributed by atoms with Crippen LogP contribution in [0.25, 0.3) is 22.2 Å². The second kappa shape index (κ2) is 4.79. The summed E-state index contributed by atoms with van der Waals surface area (Å²) < 4.78 is 21.7. The number of pyridine rings is 1. The number of nitrogens with one attached hydrogen (secondary N) is 2. The highest BCUT2D eigenvalue weighted by molar-refractivity contribution is 7.80. The van der Waals surface area contributed by atoms with Crippen LogP contribution in [-0.2, 0) is 11.3 Å². The van der Waals surface area contributed by atoms with Crippen LogP contribution in [0.1, 0.15) is 0 Å². The van der Waals surface area contributed by atoms with Gasteiger partial charge >= 0.3 is 0 Å². The third-order valence-corrected chi connectivity index (χ3v) is 3.12. The largest absolute Gasteiger partial charge is 0.289 e. The Morgan fingerprint density at radius 3 is 2.74 bits per heavy atom. The number of H-pyrrole nitrogens is 1. The number of fused-ring (bicyclic) bond motifs is 1. The van der Waals surface area contributed by atoms with E-state index in [1.807, 2.05) is 18.2 Å². The molecule has 0 amide bonds. The normalized spacial score (nSPS) is 12.5. The standard InChI is InChI=1S/C12H10N4O2S/c17-19(18)16-10-3-1-8(2-4-10)11-5-12-9(6-13-11)7-14-15-12/h1-7,16H,(H,14,15)(H,17,18). The molecule has 0 spiro atoms. The number of hydrogen-bond acceptors (Lipinski definition) is 3. The molecule has 3 aromatic rings. The van der Waals surface area contributed by atoms with Crippen molar-refractivity contribution in [2.75, 3.05) is 4.72 Å². The summed E-state index contributed by atoms with van der Waals surface area (Å²) >= 11 is -2.06. The molecule has 19 heavy (non-hydrogen) atoms. The molecule has 0 saturated heterocycles. The van der Waals surface area contributed by atoms with Crippen LogP contribution < -0.4 is 4.72 Å². The fraction of sp³-hybridized carbons (Fsp3) is 0. The quantitative estimate of drug-likeness (QED) is 0.638. The van der Waals surface area contributed by atoms with E-state index in [1.165, 1.54) is 0 Å². The first-order valence-electron chi connectivity index (χ1n) is 5.49. The molecule has 7 heteroatoms. The molecule has 0 aliphatic carbocycles. The zero-order chi connectivity index (χ0) is 13.2. The first kappa shape index (κ1) is 11.8. The monoisotopic (exact) mass is 274 g/mol. The number of hydrogen-bond donors (Lipinski definition) is 3. The second-order valence-corrected chi connectivity index (χ2v) is 4.66. The van der Waals surface area contributed by atoms with E-state index in [0.717, 1.165) is 22.2 Å². The van der Waals surface area contributed by atoms with Gasteiger partial charge in [-0.2, -0.15) is 5.10 Å². The van der Waals surface area contributed by atoms with E-state index in [9.17, 15) is 4.21 Å². The fourth-order valence-electron chi connectivity index (χ4n) is 1.80. The number of aromatic nitrogens is 3. The zero-order valence-electron chi connectivity index (χ0n) is 9.70. The lowest BCUT2D eigenvalue weighted by atomic mass is 10.1.